The minimum Gasteiger partial charge on any atom is -0.361 e. The number of carbonyl (C=O) groups is 1. The highest BCUT2D eigenvalue weighted by molar-refractivity contribution is 5.79. The van der Waals surface area contributed by atoms with Gasteiger partial charge in [0.25, 0.3) is 0 Å². The molecule has 2 aliphatic heterocycles. The summed E-state index contributed by atoms with van der Waals surface area (Å²) in [5.74, 6) is 1.10. The van der Waals surface area contributed by atoms with Crippen LogP contribution in [0.4, 0.5) is 0 Å². The van der Waals surface area contributed by atoms with Crippen LogP contribution < -0.4 is 0 Å². The highest BCUT2D eigenvalue weighted by Gasteiger charge is 2.34. The summed E-state index contributed by atoms with van der Waals surface area (Å²) < 4.78 is 5.31. The molecule has 1 aromatic heterocycles. The van der Waals surface area contributed by atoms with Crippen molar-refractivity contribution < 1.29 is 9.32 Å². The third-order valence-corrected chi connectivity index (χ3v) is 5.17. The normalized spacial score (nSPS) is 24.1. The number of likely N-dealkylation sites (tertiary alicyclic amines) is 1. The van der Waals surface area contributed by atoms with Gasteiger partial charge in [0, 0.05) is 25.2 Å². The highest BCUT2D eigenvalue weighted by Crippen LogP contribution is 2.35. The Morgan fingerprint density at radius 3 is 2.74 bits per heavy atom. The summed E-state index contributed by atoms with van der Waals surface area (Å²) in [6.07, 6.45) is 3.21. The van der Waals surface area contributed by atoms with Gasteiger partial charge < -0.3 is 14.3 Å². The summed E-state index contributed by atoms with van der Waals surface area (Å²) in [4.78, 5) is 19.5. The fourth-order valence-corrected chi connectivity index (χ4v) is 3.87. The van der Waals surface area contributed by atoms with E-state index in [4.69, 9.17) is 4.52 Å². The molecule has 3 heterocycles. The fraction of sp³-hybridized carbons (Fsp3) is 0.765. The summed E-state index contributed by atoms with van der Waals surface area (Å²) >= 11 is 0. The van der Waals surface area contributed by atoms with Gasteiger partial charge >= 0.3 is 0 Å². The molecular formula is C17H28N4O2. The summed E-state index contributed by atoms with van der Waals surface area (Å²) in [5, 5.41) is 4.06. The molecule has 2 fully saturated rings. The van der Waals surface area contributed by atoms with E-state index in [0.717, 1.165) is 69.0 Å². The minimum atomic E-state index is 0.142. The van der Waals surface area contributed by atoms with Crippen molar-refractivity contribution in [3.63, 3.8) is 0 Å². The third kappa shape index (κ3) is 3.58. The Labute approximate surface area is 138 Å². The Bertz CT molecular complexity index is 537. The van der Waals surface area contributed by atoms with Crippen molar-refractivity contribution in [1.29, 1.82) is 0 Å². The molecule has 1 atom stereocenters. The van der Waals surface area contributed by atoms with Crippen molar-refractivity contribution in [3.05, 3.63) is 17.0 Å². The van der Waals surface area contributed by atoms with Gasteiger partial charge in [0.05, 0.1) is 18.3 Å². The van der Waals surface area contributed by atoms with Crippen LogP contribution in [0, 0.1) is 13.8 Å². The van der Waals surface area contributed by atoms with Crippen LogP contribution in [0.3, 0.4) is 0 Å². The van der Waals surface area contributed by atoms with Crippen molar-refractivity contribution in [2.45, 2.75) is 39.2 Å². The van der Waals surface area contributed by atoms with Crippen LogP contribution in [-0.2, 0) is 4.79 Å². The lowest BCUT2D eigenvalue weighted by atomic mass is 10.0. The first-order chi connectivity index (χ1) is 11.1. The average molecular weight is 320 g/mol. The van der Waals surface area contributed by atoms with Crippen LogP contribution in [0.25, 0.3) is 0 Å². The van der Waals surface area contributed by atoms with E-state index >= 15 is 0 Å². The number of hydrogen-bond acceptors (Lipinski definition) is 5. The first-order valence-electron chi connectivity index (χ1n) is 8.69. The average Bonchev–Trinajstić information content (AvgIpc) is 3.05. The van der Waals surface area contributed by atoms with Gasteiger partial charge in [0.2, 0.25) is 5.91 Å². The minimum absolute atomic E-state index is 0.142. The van der Waals surface area contributed by atoms with E-state index in [1.807, 2.05) is 18.7 Å². The van der Waals surface area contributed by atoms with E-state index in [0.29, 0.717) is 6.54 Å². The molecule has 0 aliphatic carbocycles. The number of nitrogens with zero attached hydrogens (tertiary/aromatic N) is 4. The molecule has 0 saturated carbocycles. The number of aryl methyl sites for hydroxylation is 2. The summed E-state index contributed by atoms with van der Waals surface area (Å²) in [6, 6.07) is 0.142. The molecule has 2 aliphatic rings. The van der Waals surface area contributed by atoms with Crippen molar-refractivity contribution in [2.24, 2.45) is 0 Å². The zero-order chi connectivity index (χ0) is 16.4. The predicted octanol–water partition coefficient (Wildman–Crippen LogP) is 1.59. The second-order valence-corrected chi connectivity index (χ2v) is 6.92. The predicted molar refractivity (Wildman–Crippen MR) is 88.2 cm³/mol. The standard InChI is InChI=1S/C17H28N4O2/c1-13-17(14(2)23-18-13)15-6-4-9-21(15)16(22)12-20-8-5-7-19(3)10-11-20/h15H,4-12H2,1-3H3/t15-/m0/s1. The van der Waals surface area contributed by atoms with Crippen molar-refractivity contribution >= 4 is 5.91 Å². The second kappa shape index (κ2) is 7.01. The molecule has 0 radical (unpaired) electrons. The molecule has 1 aromatic rings. The third-order valence-electron chi connectivity index (χ3n) is 5.17. The lowest BCUT2D eigenvalue weighted by molar-refractivity contribution is -0.133. The molecule has 2 saturated heterocycles. The van der Waals surface area contributed by atoms with Crippen molar-refractivity contribution in [3.8, 4) is 0 Å². The van der Waals surface area contributed by atoms with Crippen LogP contribution in [0.15, 0.2) is 4.52 Å². The van der Waals surface area contributed by atoms with Crippen LogP contribution in [0.1, 0.15) is 42.3 Å². The number of likely N-dealkylation sites (N-methyl/N-ethyl adjacent to an activating group) is 1. The van der Waals surface area contributed by atoms with E-state index in [1.165, 1.54) is 0 Å². The maximum Gasteiger partial charge on any atom is 0.237 e. The van der Waals surface area contributed by atoms with E-state index in [1.54, 1.807) is 0 Å². The van der Waals surface area contributed by atoms with Crippen LogP contribution in [0.5, 0.6) is 0 Å². The van der Waals surface area contributed by atoms with Crippen LogP contribution >= 0.6 is 0 Å². The van der Waals surface area contributed by atoms with Gasteiger partial charge in [-0.25, -0.2) is 0 Å². The smallest absolute Gasteiger partial charge is 0.237 e. The Morgan fingerprint density at radius 1 is 1.17 bits per heavy atom. The van der Waals surface area contributed by atoms with E-state index in [9.17, 15) is 4.79 Å². The topological polar surface area (TPSA) is 52.8 Å². The Balaban J connectivity index is 1.66. The zero-order valence-corrected chi connectivity index (χ0v) is 14.5. The van der Waals surface area contributed by atoms with Gasteiger partial charge in [0.15, 0.2) is 0 Å². The summed E-state index contributed by atoms with van der Waals surface area (Å²) in [6.45, 7) is 9.45. The monoisotopic (exact) mass is 320 g/mol. The number of rotatable bonds is 3. The SMILES string of the molecule is Cc1noc(C)c1[C@@H]1CCCN1C(=O)CN1CCCN(C)CC1. The quantitative estimate of drug-likeness (QED) is 0.846. The fourth-order valence-electron chi connectivity index (χ4n) is 3.87. The Hall–Kier alpha value is -1.40. The maximum atomic E-state index is 12.9. The second-order valence-electron chi connectivity index (χ2n) is 6.92. The zero-order valence-electron chi connectivity index (χ0n) is 14.5. The van der Waals surface area contributed by atoms with E-state index < -0.39 is 0 Å². The Kier molecular flexibility index (Phi) is 5.02. The number of hydrogen-bond donors (Lipinski definition) is 0. The molecule has 0 bridgehead atoms. The highest BCUT2D eigenvalue weighted by atomic mass is 16.5. The van der Waals surface area contributed by atoms with Gasteiger partial charge in [-0.05, 0) is 53.2 Å². The number of carbonyl (C=O) groups excluding carboxylic acids is 1. The maximum absolute atomic E-state index is 12.9. The molecule has 1 amide bonds. The van der Waals surface area contributed by atoms with Crippen LogP contribution in [-0.4, -0.2) is 72.1 Å². The number of aromatic nitrogens is 1. The van der Waals surface area contributed by atoms with Crippen molar-refractivity contribution in [2.75, 3.05) is 46.3 Å². The molecule has 23 heavy (non-hydrogen) atoms. The van der Waals surface area contributed by atoms with Gasteiger partial charge in [-0.15, -0.1) is 0 Å². The molecule has 6 nitrogen and oxygen atoms in total. The van der Waals surface area contributed by atoms with E-state index in [-0.39, 0.29) is 11.9 Å². The summed E-state index contributed by atoms with van der Waals surface area (Å²) in [7, 11) is 2.15. The largest absolute Gasteiger partial charge is 0.361 e. The van der Waals surface area contributed by atoms with Gasteiger partial charge in [-0.1, -0.05) is 5.16 Å². The molecule has 0 N–H and O–H groups in total. The van der Waals surface area contributed by atoms with Gasteiger partial charge in [-0.3, -0.25) is 9.69 Å². The van der Waals surface area contributed by atoms with Gasteiger partial charge in [-0.2, -0.15) is 0 Å². The first kappa shape index (κ1) is 16.5. The van der Waals surface area contributed by atoms with Gasteiger partial charge in [0.1, 0.15) is 5.76 Å². The molecule has 6 heteroatoms. The van der Waals surface area contributed by atoms with Crippen LogP contribution in [0.2, 0.25) is 0 Å². The molecule has 0 aromatic carbocycles. The Morgan fingerprint density at radius 2 is 2.00 bits per heavy atom. The molecule has 3 rings (SSSR count). The van der Waals surface area contributed by atoms with E-state index in [2.05, 4.69) is 22.0 Å². The molecule has 0 spiro atoms. The lowest BCUT2D eigenvalue weighted by Gasteiger charge is -2.28. The van der Waals surface area contributed by atoms with Crippen molar-refractivity contribution in [1.82, 2.24) is 19.9 Å². The molecular weight excluding hydrogens is 292 g/mol. The first-order valence-corrected chi connectivity index (χ1v) is 8.69. The lowest BCUT2D eigenvalue weighted by Crippen LogP contribution is -2.41. The summed E-state index contributed by atoms with van der Waals surface area (Å²) in [5.41, 5.74) is 2.04. The molecule has 0 unspecified atom stereocenters. The number of amides is 1. The molecule has 128 valence electrons.